The second kappa shape index (κ2) is 6.79. The van der Waals surface area contributed by atoms with Crippen molar-refractivity contribution in [1.29, 1.82) is 0 Å². The van der Waals surface area contributed by atoms with Gasteiger partial charge in [-0.3, -0.25) is 4.79 Å². The van der Waals surface area contributed by atoms with Gasteiger partial charge in [-0.25, -0.2) is 0 Å². The fraction of sp³-hybridized carbons (Fsp3) is 0.235. The fourth-order valence-corrected chi connectivity index (χ4v) is 3.32. The lowest BCUT2D eigenvalue weighted by Gasteiger charge is -2.38. The van der Waals surface area contributed by atoms with Crippen LogP contribution in [0.2, 0.25) is 10.0 Å². The molecule has 6 heteroatoms. The summed E-state index contributed by atoms with van der Waals surface area (Å²) in [6, 6.07) is 12.7. The first-order valence-corrected chi connectivity index (χ1v) is 7.98. The van der Waals surface area contributed by atoms with Crippen LogP contribution in [0.3, 0.4) is 0 Å². The number of hydrogen-bond acceptors (Lipinski definition) is 3. The molecule has 2 aromatic carbocycles. The maximum absolute atomic E-state index is 12.9. The predicted molar refractivity (Wildman–Crippen MR) is 92.2 cm³/mol. The zero-order chi connectivity index (χ0) is 16.4. The number of amides is 1. The number of ether oxygens (including phenoxy) is 1. The SMILES string of the molecule is COCCN1C(=O)c2ccccc2NC1c1c(Cl)cccc1Cl. The van der Waals surface area contributed by atoms with Gasteiger partial charge in [-0.2, -0.15) is 0 Å². The third-order valence-corrected chi connectivity index (χ3v) is 4.49. The summed E-state index contributed by atoms with van der Waals surface area (Å²) in [5.74, 6) is -0.0719. The first kappa shape index (κ1) is 16.1. The Labute approximate surface area is 144 Å². The van der Waals surface area contributed by atoms with Crippen molar-refractivity contribution < 1.29 is 9.53 Å². The zero-order valence-electron chi connectivity index (χ0n) is 12.6. The van der Waals surface area contributed by atoms with Crippen molar-refractivity contribution in [3.05, 3.63) is 63.6 Å². The van der Waals surface area contributed by atoms with Crippen molar-refractivity contribution in [1.82, 2.24) is 4.90 Å². The highest BCUT2D eigenvalue weighted by Crippen LogP contribution is 2.38. The molecule has 0 radical (unpaired) electrons. The van der Waals surface area contributed by atoms with Gasteiger partial charge in [0.25, 0.3) is 5.91 Å². The van der Waals surface area contributed by atoms with Crippen molar-refractivity contribution in [3.8, 4) is 0 Å². The van der Waals surface area contributed by atoms with Crippen LogP contribution in [-0.2, 0) is 4.74 Å². The Bertz CT molecular complexity index is 716. The minimum atomic E-state index is -0.436. The first-order valence-electron chi connectivity index (χ1n) is 7.23. The first-order chi connectivity index (χ1) is 11.1. The van der Waals surface area contributed by atoms with E-state index in [-0.39, 0.29) is 5.91 Å². The molecule has 120 valence electrons. The number of nitrogens with zero attached hydrogens (tertiary/aromatic N) is 1. The third-order valence-electron chi connectivity index (χ3n) is 3.83. The van der Waals surface area contributed by atoms with Gasteiger partial charge < -0.3 is 15.0 Å². The lowest BCUT2D eigenvalue weighted by Crippen LogP contribution is -2.44. The molecule has 1 aliphatic rings. The molecule has 0 aromatic heterocycles. The van der Waals surface area contributed by atoms with Gasteiger partial charge in [-0.1, -0.05) is 41.4 Å². The molecule has 0 fully saturated rings. The number of carbonyl (C=O) groups is 1. The number of nitrogens with one attached hydrogen (secondary N) is 1. The van der Waals surface area contributed by atoms with Gasteiger partial charge in [0, 0.05) is 35.0 Å². The van der Waals surface area contributed by atoms with Gasteiger partial charge in [0.1, 0.15) is 6.17 Å². The third kappa shape index (κ3) is 3.02. The number of halogens is 2. The summed E-state index contributed by atoms with van der Waals surface area (Å²) in [5, 5.41) is 4.40. The number of methoxy groups -OCH3 is 1. The Hall–Kier alpha value is -1.75. The maximum Gasteiger partial charge on any atom is 0.257 e. The number of carbonyl (C=O) groups excluding carboxylic acids is 1. The highest BCUT2D eigenvalue weighted by molar-refractivity contribution is 6.36. The molecule has 0 saturated heterocycles. The van der Waals surface area contributed by atoms with Crippen molar-refractivity contribution >= 4 is 34.8 Å². The van der Waals surface area contributed by atoms with E-state index in [1.165, 1.54) is 0 Å². The van der Waals surface area contributed by atoms with Gasteiger partial charge in [-0.05, 0) is 24.3 Å². The minimum Gasteiger partial charge on any atom is -0.383 e. The Morgan fingerprint density at radius 1 is 1.13 bits per heavy atom. The summed E-state index contributed by atoms with van der Waals surface area (Å²) in [6.07, 6.45) is -0.436. The van der Waals surface area contributed by atoms with E-state index < -0.39 is 6.17 Å². The van der Waals surface area contributed by atoms with E-state index in [4.69, 9.17) is 27.9 Å². The molecule has 2 aromatic rings. The molecule has 0 spiro atoms. The second-order valence-electron chi connectivity index (χ2n) is 5.22. The molecule has 0 bridgehead atoms. The average Bonchev–Trinajstić information content (AvgIpc) is 2.54. The summed E-state index contributed by atoms with van der Waals surface area (Å²) in [4.78, 5) is 14.6. The fourth-order valence-electron chi connectivity index (χ4n) is 2.71. The van der Waals surface area contributed by atoms with Crippen molar-refractivity contribution in [2.24, 2.45) is 0 Å². The van der Waals surface area contributed by atoms with E-state index >= 15 is 0 Å². The highest BCUT2D eigenvalue weighted by atomic mass is 35.5. The van der Waals surface area contributed by atoms with E-state index in [0.29, 0.717) is 34.3 Å². The summed E-state index contributed by atoms with van der Waals surface area (Å²) in [5.41, 5.74) is 2.09. The molecule has 3 rings (SSSR count). The van der Waals surface area contributed by atoms with E-state index in [9.17, 15) is 4.79 Å². The highest BCUT2D eigenvalue weighted by Gasteiger charge is 2.34. The van der Waals surface area contributed by atoms with Gasteiger partial charge in [0.05, 0.1) is 12.2 Å². The number of rotatable bonds is 4. The second-order valence-corrected chi connectivity index (χ2v) is 6.03. The predicted octanol–water partition coefficient (Wildman–Crippen LogP) is 4.21. The van der Waals surface area contributed by atoms with Gasteiger partial charge in [0.15, 0.2) is 0 Å². The maximum atomic E-state index is 12.9. The topological polar surface area (TPSA) is 41.6 Å². The van der Waals surface area contributed by atoms with Gasteiger partial charge >= 0.3 is 0 Å². The lowest BCUT2D eigenvalue weighted by molar-refractivity contribution is 0.0609. The van der Waals surface area contributed by atoms with Crippen molar-refractivity contribution in [2.75, 3.05) is 25.6 Å². The van der Waals surface area contributed by atoms with Crippen molar-refractivity contribution in [2.45, 2.75) is 6.17 Å². The van der Waals surface area contributed by atoms with Crippen LogP contribution >= 0.6 is 23.2 Å². The number of hydrogen-bond donors (Lipinski definition) is 1. The van der Waals surface area contributed by atoms with E-state index in [2.05, 4.69) is 5.32 Å². The summed E-state index contributed by atoms with van der Waals surface area (Å²) < 4.78 is 5.14. The van der Waals surface area contributed by atoms with Crippen molar-refractivity contribution in [3.63, 3.8) is 0 Å². The summed E-state index contributed by atoms with van der Waals surface area (Å²) in [6.45, 7) is 0.858. The zero-order valence-corrected chi connectivity index (χ0v) is 14.1. The van der Waals surface area contributed by atoms with Crippen LogP contribution in [0.1, 0.15) is 22.1 Å². The monoisotopic (exact) mass is 350 g/mol. The molecule has 1 amide bonds. The quantitative estimate of drug-likeness (QED) is 0.897. The Morgan fingerprint density at radius 3 is 2.52 bits per heavy atom. The number of benzene rings is 2. The summed E-state index contributed by atoms with van der Waals surface area (Å²) >= 11 is 12.7. The molecule has 23 heavy (non-hydrogen) atoms. The molecular formula is C17H16Cl2N2O2. The van der Waals surface area contributed by atoms with Crippen LogP contribution in [0.5, 0.6) is 0 Å². The Morgan fingerprint density at radius 2 is 1.83 bits per heavy atom. The molecule has 1 unspecified atom stereocenters. The molecule has 1 atom stereocenters. The minimum absolute atomic E-state index is 0.0719. The van der Waals surface area contributed by atoms with E-state index in [0.717, 1.165) is 5.69 Å². The smallest absolute Gasteiger partial charge is 0.257 e. The molecule has 0 aliphatic carbocycles. The number of para-hydroxylation sites is 1. The van der Waals surface area contributed by atoms with Crippen LogP contribution in [0, 0.1) is 0 Å². The molecule has 1 aliphatic heterocycles. The lowest BCUT2D eigenvalue weighted by atomic mass is 10.0. The standard InChI is InChI=1S/C17H16Cl2N2O2/c1-23-10-9-21-16(15-12(18)6-4-7-13(15)19)20-14-8-3-2-5-11(14)17(21)22/h2-8,16,20H,9-10H2,1H3. The van der Waals surface area contributed by atoms with Crippen LogP contribution in [-0.4, -0.2) is 31.1 Å². The number of anilines is 1. The van der Waals surface area contributed by atoms with Crippen LogP contribution in [0.15, 0.2) is 42.5 Å². The molecule has 4 nitrogen and oxygen atoms in total. The van der Waals surface area contributed by atoms with E-state index in [1.807, 2.05) is 18.2 Å². The molecule has 1 heterocycles. The van der Waals surface area contributed by atoms with Gasteiger partial charge in [-0.15, -0.1) is 0 Å². The van der Waals surface area contributed by atoms with Gasteiger partial charge in [0.2, 0.25) is 0 Å². The molecular weight excluding hydrogens is 335 g/mol. The van der Waals surface area contributed by atoms with Crippen LogP contribution < -0.4 is 5.32 Å². The Balaban J connectivity index is 2.08. The molecule has 0 saturated carbocycles. The number of fused-ring (bicyclic) bond motifs is 1. The largest absolute Gasteiger partial charge is 0.383 e. The van der Waals surface area contributed by atoms with Crippen LogP contribution in [0.25, 0.3) is 0 Å². The molecule has 1 N–H and O–H groups in total. The van der Waals surface area contributed by atoms with E-state index in [1.54, 1.807) is 36.3 Å². The normalized spacial score (nSPS) is 16.9. The van der Waals surface area contributed by atoms with Crippen LogP contribution in [0.4, 0.5) is 5.69 Å². The Kier molecular flexibility index (Phi) is 4.76. The summed E-state index contributed by atoms with van der Waals surface area (Å²) in [7, 11) is 1.60. The average molecular weight is 351 g/mol.